The molecule has 0 fully saturated rings. The molecule has 0 aromatic heterocycles. The molecular formula is C31H21F4O2P. The standard InChI is InChI=1S/C18H13F2OP.C13H8F2O/c19-14-6-10-17(11-7-14)22(21,16-4-2-1-3-5-16)18-12-8-15(20)9-13-18;14-11-7-3-1-5-9(11)13(16)10-6-2-4-8-12(10)15/h1-13H;1-8H. The van der Waals surface area contributed by atoms with Crippen molar-refractivity contribution in [1.82, 2.24) is 0 Å². The lowest BCUT2D eigenvalue weighted by molar-refractivity contribution is 0.103. The summed E-state index contributed by atoms with van der Waals surface area (Å²) in [4.78, 5) is 11.8. The molecule has 0 bridgehead atoms. The van der Waals surface area contributed by atoms with E-state index < -0.39 is 24.6 Å². The van der Waals surface area contributed by atoms with Crippen molar-refractivity contribution in [2.45, 2.75) is 0 Å². The van der Waals surface area contributed by atoms with E-state index in [2.05, 4.69) is 0 Å². The van der Waals surface area contributed by atoms with Crippen LogP contribution in [0.15, 0.2) is 127 Å². The van der Waals surface area contributed by atoms with Gasteiger partial charge in [-0.1, -0.05) is 54.6 Å². The zero-order chi connectivity index (χ0) is 27.1. The van der Waals surface area contributed by atoms with Crippen LogP contribution < -0.4 is 15.9 Å². The van der Waals surface area contributed by atoms with E-state index in [1.807, 2.05) is 6.07 Å². The Bertz CT molecular complexity index is 1490. The maximum atomic E-state index is 13.8. The number of carbonyl (C=O) groups is 1. The summed E-state index contributed by atoms with van der Waals surface area (Å²) in [7, 11) is -3.15. The molecule has 5 aromatic carbocycles. The zero-order valence-electron chi connectivity index (χ0n) is 19.9. The van der Waals surface area contributed by atoms with Crippen molar-refractivity contribution in [3.8, 4) is 0 Å². The van der Waals surface area contributed by atoms with Gasteiger partial charge in [-0.3, -0.25) is 4.79 Å². The fourth-order valence-electron chi connectivity index (χ4n) is 3.82. The predicted octanol–water partition coefficient (Wildman–Crippen LogP) is 6.80. The van der Waals surface area contributed by atoms with Crippen LogP contribution in [0.25, 0.3) is 0 Å². The Morgan fingerprint density at radius 2 is 0.789 bits per heavy atom. The van der Waals surface area contributed by atoms with Gasteiger partial charge >= 0.3 is 0 Å². The van der Waals surface area contributed by atoms with Crippen molar-refractivity contribution < 1.29 is 26.9 Å². The highest BCUT2D eigenvalue weighted by atomic mass is 31.2. The third-order valence-corrected chi connectivity index (χ3v) is 8.81. The highest BCUT2D eigenvalue weighted by molar-refractivity contribution is 7.85. The number of benzene rings is 5. The Balaban J connectivity index is 0.000000186. The van der Waals surface area contributed by atoms with Crippen LogP contribution in [0, 0.1) is 23.3 Å². The Hall–Kier alpha value is -4.28. The first kappa shape index (κ1) is 26.8. The summed E-state index contributed by atoms with van der Waals surface area (Å²) >= 11 is 0. The van der Waals surface area contributed by atoms with E-state index in [4.69, 9.17) is 0 Å². The smallest absolute Gasteiger partial charge is 0.198 e. The van der Waals surface area contributed by atoms with Crippen molar-refractivity contribution in [1.29, 1.82) is 0 Å². The number of hydrogen-bond acceptors (Lipinski definition) is 2. The lowest BCUT2D eigenvalue weighted by Crippen LogP contribution is -2.25. The van der Waals surface area contributed by atoms with Gasteiger partial charge in [0.1, 0.15) is 23.3 Å². The predicted molar refractivity (Wildman–Crippen MR) is 142 cm³/mol. The molecule has 0 heterocycles. The quantitative estimate of drug-likeness (QED) is 0.142. The van der Waals surface area contributed by atoms with Crippen LogP contribution in [0.5, 0.6) is 0 Å². The number of carbonyl (C=O) groups excluding carboxylic acids is 1. The van der Waals surface area contributed by atoms with E-state index >= 15 is 0 Å². The van der Waals surface area contributed by atoms with E-state index in [-0.39, 0.29) is 22.8 Å². The lowest BCUT2D eigenvalue weighted by Gasteiger charge is -2.19. The maximum absolute atomic E-state index is 13.8. The molecule has 0 aliphatic rings. The van der Waals surface area contributed by atoms with Crippen LogP contribution in [0.1, 0.15) is 15.9 Å². The lowest BCUT2D eigenvalue weighted by atomic mass is 10.0. The second-order valence-electron chi connectivity index (χ2n) is 8.19. The summed E-state index contributed by atoms with van der Waals surface area (Å²) in [6, 6.07) is 31.3. The van der Waals surface area contributed by atoms with Crippen molar-refractivity contribution in [2.24, 2.45) is 0 Å². The summed E-state index contributed by atoms with van der Waals surface area (Å²) in [6.07, 6.45) is 0. The molecule has 0 amide bonds. The third-order valence-electron chi connectivity index (χ3n) is 5.74. The zero-order valence-corrected chi connectivity index (χ0v) is 20.8. The molecular weight excluding hydrogens is 511 g/mol. The van der Waals surface area contributed by atoms with Gasteiger partial charge in [-0.25, -0.2) is 17.6 Å². The monoisotopic (exact) mass is 532 g/mol. The fourth-order valence-corrected chi connectivity index (χ4v) is 6.45. The largest absolute Gasteiger partial charge is 0.309 e. The first-order chi connectivity index (χ1) is 18.3. The maximum Gasteiger partial charge on any atom is 0.198 e. The Morgan fingerprint density at radius 1 is 0.447 bits per heavy atom. The summed E-state index contributed by atoms with van der Waals surface area (Å²) in [5.41, 5.74) is -0.236. The molecule has 38 heavy (non-hydrogen) atoms. The highest BCUT2D eigenvalue weighted by Crippen LogP contribution is 2.42. The fraction of sp³-hybridized carbons (Fsp3) is 0. The summed E-state index contributed by atoms with van der Waals surface area (Å²) in [6.45, 7) is 0. The van der Waals surface area contributed by atoms with E-state index in [0.29, 0.717) is 15.9 Å². The van der Waals surface area contributed by atoms with Crippen molar-refractivity contribution >= 4 is 28.8 Å². The number of halogens is 4. The minimum Gasteiger partial charge on any atom is -0.309 e. The molecule has 5 rings (SSSR count). The van der Waals surface area contributed by atoms with Gasteiger partial charge in [-0.2, -0.15) is 0 Å². The highest BCUT2D eigenvalue weighted by Gasteiger charge is 2.29. The van der Waals surface area contributed by atoms with E-state index in [9.17, 15) is 26.9 Å². The number of rotatable bonds is 5. The molecule has 0 saturated carbocycles. The molecule has 2 nitrogen and oxygen atoms in total. The topological polar surface area (TPSA) is 34.1 Å². The molecule has 0 radical (unpaired) electrons. The molecule has 0 N–H and O–H groups in total. The van der Waals surface area contributed by atoms with Crippen LogP contribution >= 0.6 is 7.14 Å². The summed E-state index contributed by atoms with van der Waals surface area (Å²) < 4.78 is 66.8. The molecule has 0 aliphatic heterocycles. The van der Waals surface area contributed by atoms with Gasteiger partial charge in [0.05, 0.1) is 11.1 Å². The van der Waals surface area contributed by atoms with Gasteiger partial charge in [0.15, 0.2) is 12.9 Å². The summed E-state index contributed by atoms with van der Waals surface area (Å²) in [5.74, 6) is -2.70. The average Bonchev–Trinajstić information content (AvgIpc) is 2.94. The van der Waals surface area contributed by atoms with Crippen molar-refractivity contribution in [2.75, 3.05) is 0 Å². The molecule has 0 saturated heterocycles. The molecule has 0 spiro atoms. The van der Waals surface area contributed by atoms with Crippen LogP contribution in [0.3, 0.4) is 0 Å². The third kappa shape index (κ3) is 5.82. The summed E-state index contributed by atoms with van der Waals surface area (Å²) in [5, 5.41) is 1.67. The van der Waals surface area contributed by atoms with Gasteiger partial charge in [-0.05, 0) is 72.8 Å². The first-order valence-electron chi connectivity index (χ1n) is 11.5. The molecule has 0 atom stereocenters. The normalized spacial score (nSPS) is 10.8. The van der Waals surface area contributed by atoms with E-state index in [1.54, 1.807) is 24.3 Å². The Morgan fingerprint density at radius 3 is 1.18 bits per heavy atom. The van der Waals surface area contributed by atoms with Crippen LogP contribution in [0.4, 0.5) is 17.6 Å². The van der Waals surface area contributed by atoms with Gasteiger partial charge < -0.3 is 4.57 Å². The second-order valence-corrected chi connectivity index (χ2v) is 11.0. The van der Waals surface area contributed by atoms with Crippen LogP contribution in [0.2, 0.25) is 0 Å². The van der Waals surface area contributed by atoms with E-state index in [0.717, 1.165) is 0 Å². The minimum absolute atomic E-state index is 0.118. The van der Waals surface area contributed by atoms with Gasteiger partial charge in [-0.15, -0.1) is 0 Å². The van der Waals surface area contributed by atoms with Crippen molar-refractivity contribution in [3.05, 3.63) is 162 Å². The molecule has 190 valence electrons. The number of ketones is 1. The van der Waals surface area contributed by atoms with Crippen molar-refractivity contribution in [3.63, 3.8) is 0 Å². The van der Waals surface area contributed by atoms with E-state index in [1.165, 1.54) is 97.1 Å². The van der Waals surface area contributed by atoms with Crippen LogP contribution in [-0.2, 0) is 4.57 Å². The van der Waals surface area contributed by atoms with Gasteiger partial charge in [0.25, 0.3) is 0 Å². The minimum atomic E-state index is -3.15. The second kappa shape index (κ2) is 11.8. The molecule has 0 unspecified atom stereocenters. The SMILES string of the molecule is O=C(c1ccccc1F)c1ccccc1F.O=P(c1ccccc1)(c1ccc(F)cc1)c1ccc(F)cc1. The Kier molecular flexibility index (Phi) is 8.35. The van der Waals surface area contributed by atoms with Gasteiger partial charge in [0.2, 0.25) is 0 Å². The first-order valence-corrected chi connectivity index (χ1v) is 13.2. The molecule has 0 aliphatic carbocycles. The Labute approximate surface area is 217 Å². The molecule has 7 heteroatoms. The van der Waals surface area contributed by atoms with Gasteiger partial charge in [0, 0.05) is 15.9 Å². The number of hydrogen-bond donors (Lipinski definition) is 0. The average molecular weight is 532 g/mol. The van der Waals surface area contributed by atoms with Crippen LogP contribution in [-0.4, -0.2) is 5.78 Å². The molecule has 5 aromatic rings.